The molecule has 1 aliphatic heterocycles. The van der Waals surface area contributed by atoms with E-state index in [0.717, 1.165) is 49.8 Å². The summed E-state index contributed by atoms with van der Waals surface area (Å²) in [5.41, 5.74) is 9.27. The van der Waals surface area contributed by atoms with Gasteiger partial charge in [-0.2, -0.15) is 0 Å². The number of hydrogen-bond acceptors (Lipinski definition) is 4. The SMILES string of the molecule is COc1cccc(NC(N)=NCc2ccc(CN3CCOCC3)cc2)c1. The highest BCUT2D eigenvalue weighted by Crippen LogP contribution is 2.16. The lowest BCUT2D eigenvalue weighted by Crippen LogP contribution is -2.35. The first kappa shape index (κ1) is 18.2. The van der Waals surface area contributed by atoms with Crippen LogP contribution in [0.15, 0.2) is 53.5 Å². The zero-order chi connectivity index (χ0) is 18.2. The van der Waals surface area contributed by atoms with E-state index >= 15 is 0 Å². The van der Waals surface area contributed by atoms with Gasteiger partial charge in [-0.05, 0) is 23.3 Å². The second kappa shape index (κ2) is 9.22. The van der Waals surface area contributed by atoms with Crippen molar-refractivity contribution in [3.05, 3.63) is 59.7 Å². The minimum atomic E-state index is 0.385. The molecular weight excluding hydrogens is 328 g/mol. The largest absolute Gasteiger partial charge is 0.497 e. The van der Waals surface area contributed by atoms with Crippen LogP contribution >= 0.6 is 0 Å². The summed E-state index contributed by atoms with van der Waals surface area (Å²) in [6, 6.07) is 16.1. The molecule has 0 atom stereocenters. The van der Waals surface area contributed by atoms with Crippen LogP contribution in [-0.2, 0) is 17.8 Å². The third kappa shape index (κ3) is 5.47. The van der Waals surface area contributed by atoms with E-state index in [-0.39, 0.29) is 0 Å². The summed E-state index contributed by atoms with van der Waals surface area (Å²) in [5.74, 6) is 1.16. The van der Waals surface area contributed by atoms with E-state index in [1.807, 2.05) is 24.3 Å². The molecule has 0 radical (unpaired) electrons. The summed E-state index contributed by atoms with van der Waals surface area (Å²) in [6.07, 6.45) is 0. The van der Waals surface area contributed by atoms with Crippen molar-refractivity contribution in [2.75, 3.05) is 38.7 Å². The fourth-order valence-electron chi connectivity index (χ4n) is 2.83. The van der Waals surface area contributed by atoms with Crippen LogP contribution in [0.1, 0.15) is 11.1 Å². The topological polar surface area (TPSA) is 72.1 Å². The van der Waals surface area contributed by atoms with E-state index < -0.39 is 0 Å². The van der Waals surface area contributed by atoms with Crippen LogP contribution < -0.4 is 15.8 Å². The van der Waals surface area contributed by atoms with Crippen LogP contribution in [-0.4, -0.2) is 44.3 Å². The van der Waals surface area contributed by atoms with Crippen LogP contribution in [0.5, 0.6) is 5.75 Å². The first-order chi connectivity index (χ1) is 12.7. The number of rotatable bonds is 6. The molecule has 0 aromatic heterocycles. The molecule has 26 heavy (non-hydrogen) atoms. The number of nitrogens with zero attached hydrogens (tertiary/aromatic N) is 2. The predicted molar refractivity (Wildman–Crippen MR) is 104 cm³/mol. The number of morpholine rings is 1. The second-order valence-electron chi connectivity index (χ2n) is 6.26. The van der Waals surface area contributed by atoms with E-state index in [9.17, 15) is 0 Å². The van der Waals surface area contributed by atoms with Crippen molar-refractivity contribution in [2.24, 2.45) is 10.7 Å². The third-order valence-corrected chi connectivity index (χ3v) is 4.31. The monoisotopic (exact) mass is 354 g/mol. The molecule has 1 heterocycles. The molecule has 0 amide bonds. The summed E-state index contributed by atoms with van der Waals surface area (Å²) < 4.78 is 10.6. The van der Waals surface area contributed by atoms with E-state index in [1.165, 1.54) is 5.56 Å². The molecule has 6 nitrogen and oxygen atoms in total. The van der Waals surface area contributed by atoms with E-state index in [4.69, 9.17) is 15.2 Å². The van der Waals surface area contributed by atoms with Crippen molar-refractivity contribution in [3.8, 4) is 5.75 Å². The first-order valence-corrected chi connectivity index (χ1v) is 8.82. The maximum Gasteiger partial charge on any atom is 0.193 e. The lowest BCUT2D eigenvalue weighted by atomic mass is 10.1. The van der Waals surface area contributed by atoms with Crippen LogP contribution in [0.4, 0.5) is 5.69 Å². The standard InChI is InChI=1S/C20H26N4O2/c1-25-19-4-2-3-18(13-19)23-20(21)22-14-16-5-7-17(8-6-16)15-24-9-11-26-12-10-24/h2-8,13H,9-12,14-15H2,1H3,(H3,21,22,23). The van der Waals surface area contributed by atoms with Gasteiger partial charge >= 0.3 is 0 Å². The summed E-state index contributed by atoms with van der Waals surface area (Å²) >= 11 is 0. The Bertz CT molecular complexity index is 725. The van der Waals surface area contributed by atoms with Gasteiger partial charge in [0.15, 0.2) is 5.96 Å². The van der Waals surface area contributed by atoms with Gasteiger partial charge in [0.05, 0.1) is 26.9 Å². The van der Waals surface area contributed by atoms with Gasteiger partial charge in [0, 0.05) is 31.4 Å². The van der Waals surface area contributed by atoms with Crippen LogP contribution in [0, 0.1) is 0 Å². The minimum Gasteiger partial charge on any atom is -0.497 e. The number of aliphatic imine (C=N–C) groups is 1. The van der Waals surface area contributed by atoms with Crippen LogP contribution in [0.3, 0.4) is 0 Å². The Hall–Kier alpha value is -2.57. The van der Waals surface area contributed by atoms with Crippen molar-refractivity contribution < 1.29 is 9.47 Å². The molecular formula is C20H26N4O2. The highest BCUT2D eigenvalue weighted by molar-refractivity contribution is 5.92. The molecule has 6 heteroatoms. The average molecular weight is 354 g/mol. The van der Waals surface area contributed by atoms with Gasteiger partial charge in [-0.15, -0.1) is 0 Å². The van der Waals surface area contributed by atoms with Crippen LogP contribution in [0.2, 0.25) is 0 Å². The first-order valence-electron chi connectivity index (χ1n) is 8.82. The van der Waals surface area contributed by atoms with Gasteiger partial charge in [-0.1, -0.05) is 30.3 Å². The van der Waals surface area contributed by atoms with Gasteiger partial charge in [0.1, 0.15) is 5.75 Å². The molecule has 1 saturated heterocycles. The van der Waals surface area contributed by atoms with E-state index in [0.29, 0.717) is 12.5 Å². The number of nitrogens with one attached hydrogen (secondary N) is 1. The zero-order valence-corrected chi connectivity index (χ0v) is 15.1. The Labute approximate surface area is 154 Å². The fourth-order valence-corrected chi connectivity index (χ4v) is 2.83. The smallest absolute Gasteiger partial charge is 0.193 e. The number of nitrogens with two attached hydrogens (primary N) is 1. The summed E-state index contributed by atoms with van der Waals surface area (Å²) in [7, 11) is 1.64. The van der Waals surface area contributed by atoms with Crippen molar-refractivity contribution >= 4 is 11.6 Å². The van der Waals surface area contributed by atoms with Gasteiger partial charge in [-0.25, -0.2) is 4.99 Å². The van der Waals surface area contributed by atoms with Crippen LogP contribution in [0.25, 0.3) is 0 Å². The minimum absolute atomic E-state index is 0.385. The van der Waals surface area contributed by atoms with Gasteiger partial charge in [0.2, 0.25) is 0 Å². The Morgan fingerprint density at radius 1 is 1.15 bits per heavy atom. The van der Waals surface area contributed by atoms with Crippen molar-refractivity contribution in [2.45, 2.75) is 13.1 Å². The second-order valence-corrected chi connectivity index (χ2v) is 6.26. The maximum atomic E-state index is 5.98. The molecule has 3 N–H and O–H groups in total. The van der Waals surface area contributed by atoms with Crippen molar-refractivity contribution in [1.82, 2.24) is 4.90 Å². The molecule has 0 unspecified atom stereocenters. The normalized spacial score (nSPS) is 15.7. The molecule has 1 fully saturated rings. The number of ether oxygens (including phenoxy) is 2. The molecule has 2 aromatic carbocycles. The van der Waals surface area contributed by atoms with Crippen molar-refractivity contribution in [1.29, 1.82) is 0 Å². The maximum absolute atomic E-state index is 5.98. The van der Waals surface area contributed by atoms with E-state index in [2.05, 4.69) is 39.5 Å². The summed E-state index contributed by atoms with van der Waals surface area (Å²) in [4.78, 5) is 6.82. The Kier molecular flexibility index (Phi) is 6.46. The van der Waals surface area contributed by atoms with E-state index in [1.54, 1.807) is 7.11 Å². The third-order valence-electron chi connectivity index (χ3n) is 4.31. The molecule has 0 bridgehead atoms. The fraction of sp³-hybridized carbons (Fsp3) is 0.350. The molecule has 0 aliphatic carbocycles. The molecule has 138 valence electrons. The lowest BCUT2D eigenvalue weighted by molar-refractivity contribution is 0.0342. The number of benzene rings is 2. The Balaban J connectivity index is 1.52. The Morgan fingerprint density at radius 2 is 1.88 bits per heavy atom. The average Bonchev–Trinajstić information content (AvgIpc) is 2.68. The van der Waals surface area contributed by atoms with Crippen molar-refractivity contribution in [3.63, 3.8) is 0 Å². The lowest BCUT2D eigenvalue weighted by Gasteiger charge is -2.26. The number of hydrogen-bond donors (Lipinski definition) is 2. The van der Waals surface area contributed by atoms with Gasteiger partial charge < -0.3 is 20.5 Å². The highest BCUT2D eigenvalue weighted by Gasteiger charge is 2.10. The predicted octanol–water partition coefficient (Wildman–Crippen LogP) is 2.45. The number of methoxy groups -OCH3 is 1. The molecule has 0 saturated carbocycles. The quantitative estimate of drug-likeness (QED) is 0.616. The Morgan fingerprint density at radius 3 is 2.62 bits per heavy atom. The molecule has 0 spiro atoms. The zero-order valence-electron chi connectivity index (χ0n) is 15.1. The molecule has 2 aromatic rings. The molecule has 3 rings (SSSR count). The number of anilines is 1. The molecule has 1 aliphatic rings. The summed E-state index contributed by atoms with van der Waals surface area (Å²) in [5, 5.41) is 3.08. The summed E-state index contributed by atoms with van der Waals surface area (Å²) in [6.45, 7) is 5.16. The van der Waals surface area contributed by atoms with Gasteiger partial charge in [0.25, 0.3) is 0 Å². The van der Waals surface area contributed by atoms with Gasteiger partial charge in [-0.3, -0.25) is 4.90 Å². The highest BCUT2D eigenvalue weighted by atomic mass is 16.5. The number of guanidine groups is 1.